The monoisotopic (exact) mass is 364 g/mol. The summed E-state index contributed by atoms with van der Waals surface area (Å²) in [4.78, 5) is 0. The fourth-order valence-corrected chi connectivity index (χ4v) is 4.56. The largest absolute Gasteiger partial charge is 0.244 e. The molecule has 0 radical (unpaired) electrons. The Hall–Kier alpha value is -3.19. The average molecular weight is 365 g/mol. The minimum Gasteiger partial charge on any atom is -0.182 e. The van der Waals surface area contributed by atoms with Gasteiger partial charge in [0.25, 0.3) is 0 Å². The summed E-state index contributed by atoms with van der Waals surface area (Å²) in [6.07, 6.45) is 0. The minimum absolute atomic E-state index is 0.439. The first kappa shape index (κ1) is 18.2. The molecule has 0 saturated heterocycles. The number of hydrogen-bond donors (Lipinski definition) is 0. The lowest BCUT2D eigenvalue weighted by Crippen LogP contribution is -2.62. The first-order chi connectivity index (χ1) is 13.6. The van der Waals surface area contributed by atoms with Crippen LogP contribution >= 0.6 is 0 Å². The maximum absolute atomic E-state index is 2.49. The van der Waals surface area contributed by atoms with Gasteiger partial charge < -0.3 is 0 Å². The number of nitrogens with zero attached hydrogens (tertiary/aromatic N) is 1. The molecule has 4 aromatic rings. The van der Waals surface area contributed by atoms with E-state index in [0.29, 0.717) is 0 Å². The lowest BCUT2D eigenvalue weighted by molar-refractivity contribution is -0.745. The number of hydrogen-bond acceptors (Lipinski definition) is 0. The van der Waals surface area contributed by atoms with E-state index in [9.17, 15) is 0 Å². The molecule has 138 valence electrons. The molecule has 0 fully saturated rings. The molecule has 0 atom stereocenters. The topological polar surface area (TPSA) is 3.88 Å². The molecule has 0 saturated carbocycles. The molecule has 0 N–H and O–H groups in total. The molecule has 1 heteroatoms. The number of aryl methyl sites for hydroxylation is 3. The summed E-state index contributed by atoms with van der Waals surface area (Å²) in [7, 11) is 0. The summed E-state index contributed by atoms with van der Waals surface area (Å²) in [5.41, 5.74) is 7.11. The Labute approximate surface area is 167 Å². The maximum atomic E-state index is 2.49. The van der Waals surface area contributed by atoms with Gasteiger partial charge in [0.1, 0.15) is 0 Å². The van der Waals surface area contributed by atoms with Gasteiger partial charge >= 0.3 is 0 Å². The third kappa shape index (κ3) is 2.93. The van der Waals surface area contributed by atoms with Gasteiger partial charge in [-0.1, -0.05) is 91.0 Å². The molecule has 1 heterocycles. The van der Waals surface area contributed by atoms with Gasteiger partial charge in [0.15, 0.2) is 11.4 Å². The van der Waals surface area contributed by atoms with Crippen LogP contribution in [0.25, 0.3) is 0 Å². The first-order valence-corrected chi connectivity index (χ1v) is 9.81. The predicted molar refractivity (Wildman–Crippen MR) is 115 cm³/mol. The SMILES string of the molecule is Cc1cc(C)[n+](C(c2ccccc2)(c2ccccc2)c2ccccc2)c(C)c1. The molecule has 0 unspecified atom stereocenters. The van der Waals surface area contributed by atoms with E-state index in [0.717, 1.165) is 0 Å². The van der Waals surface area contributed by atoms with Crippen molar-refractivity contribution in [2.45, 2.75) is 26.3 Å². The van der Waals surface area contributed by atoms with E-state index in [1.54, 1.807) is 0 Å². The van der Waals surface area contributed by atoms with Gasteiger partial charge in [-0.05, 0) is 12.5 Å². The molecule has 1 aromatic heterocycles. The van der Waals surface area contributed by atoms with Crippen molar-refractivity contribution in [3.05, 3.63) is 137 Å². The van der Waals surface area contributed by atoms with Crippen LogP contribution in [0.4, 0.5) is 0 Å². The number of benzene rings is 3. The average Bonchev–Trinajstić information content (AvgIpc) is 2.72. The highest BCUT2D eigenvalue weighted by molar-refractivity contribution is 5.47. The van der Waals surface area contributed by atoms with Crippen LogP contribution in [0.2, 0.25) is 0 Å². The number of rotatable bonds is 4. The van der Waals surface area contributed by atoms with E-state index < -0.39 is 5.54 Å². The second-order valence-electron chi connectivity index (χ2n) is 7.46. The van der Waals surface area contributed by atoms with Gasteiger partial charge in [-0.15, -0.1) is 0 Å². The zero-order valence-corrected chi connectivity index (χ0v) is 16.8. The van der Waals surface area contributed by atoms with Crippen molar-refractivity contribution in [3.63, 3.8) is 0 Å². The first-order valence-electron chi connectivity index (χ1n) is 9.81. The standard InChI is InChI=1S/C27H26N/c1-21-19-22(2)28(23(3)20-21)27(24-13-7-4-8-14-24,25-15-9-5-10-16-25)26-17-11-6-12-18-26/h4-20H,1-3H3/q+1. The Morgan fingerprint density at radius 1 is 0.500 bits per heavy atom. The Morgan fingerprint density at radius 2 is 0.821 bits per heavy atom. The van der Waals surface area contributed by atoms with E-state index in [1.165, 1.54) is 33.6 Å². The van der Waals surface area contributed by atoms with Gasteiger partial charge in [0.2, 0.25) is 5.54 Å². The van der Waals surface area contributed by atoms with Crippen LogP contribution in [0, 0.1) is 20.8 Å². The van der Waals surface area contributed by atoms with Crippen LogP contribution in [0.15, 0.2) is 103 Å². The van der Waals surface area contributed by atoms with Crippen LogP contribution in [-0.2, 0) is 5.54 Å². The quantitative estimate of drug-likeness (QED) is 0.321. The van der Waals surface area contributed by atoms with E-state index >= 15 is 0 Å². The summed E-state index contributed by atoms with van der Waals surface area (Å²) in [5, 5.41) is 0. The highest BCUT2D eigenvalue weighted by Crippen LogP contribution is 2.37. The van der Waals surface area contributed by atoms with Crippen molar-refractivity contribution in [1.29, 1.82) is 0 Å². The van der Waals surface area contributed by atoms with Crippen molar-refractivity contribution in [2.75, 3.05) is 0 Å². The Kier molecular flexibility index (Phi) is 4.83. The van der Waals surface area contributed by atoms with Gasteiger partial charge in [-0.2, -0.15) is 4.57 Å². The zero-order chi connectivity index (χ0) is 19.6. The smallest absolute Gasteiger partial charge is 0.182 e. The molecular formula is C27H26N+. The second-order valence-corrected chi connectivity index (χ2v) is 7.46. The lowest BCUT2D eigenvalue weighted by Gasteiger charge is -2.32. The van der Waals surface area contributed by atoms with Crippen molar-refractivity contribution in [2.24, 2.45) is 0 Å². The third-order valence-corrected chi connectivity index (χ3v) is 5.49. The number of pyridine rings is 1. The Bertz CT molecular complexity index is 947. The van der Waals surface area contributed by atoms with E-state index in [4.69, 9.17) is 0 Å². The molecule has 0 aliphatic rings. The molecule has 1 nitrogen and oxygen atoms in total. The molecule has 0 amide bonds. The molecule has 0 aliphatic heterocycles. The molecule has 0 bridgehead atoms. The van der Waals surface area contributed by atoms with Crippen LogP contribution in [0.1, 0.15) is 33.6 Å². The Balaban J connectivity index is 2.21. The van der Waals surface area contributed by atoms with Crippen molar-refractivity contribution >= 4 is 0 Å². The Morgan fingerprint density at radius 3 is 1.14 bits per heavy atom. The molecule has 0 spiro atoms. The second kappa shape index (κ2) is 7.44. The van der Waals surface area contributed by atoms with E-state index in [-0.39, 0.29) is 0 Å². The lowest BCUT2D eigenvalue weighted by atomic mass is 9.76. The minimum atomic E-state index is -0.439. The van der Waals surface area contributed by atoms with Gasteiger partial charge in [-0.25, -0.2) is 0 Å². The summed E-state index contributed by atoms with van der Waals surface area (Å²) < 4.78 is 2.49. The van der Waals surface area contributed by atoms with Crippen LogP contribution < -0.4 is 4.57 Å². The van der Waals surface area contributed by atoms with Gasteiger partial charge in [0, 0.05) is 42.7 Å². The van der Waals surface area contributed by atoms with Gasteiger partial charge in [-0.3, -0.25) is 0 Å². The molecule has 28 heavy (non-hydrogen) atoms. The van der Waals surface area contributed by atoms with Crippen LogP contribution in [0.3, 0.4) is 0 Å². The highest BCUT2D eigenvalue weighted by atomic mass is 15.1. The summed E-state index contributed by atoms with van der Waals surface area (Å²) in [6.45, 7) is 6.59. The summed E-state index contributed by atoms with van der Waals surface area (Å²) >= 11 is 0. The van der Waals surface area contributed by atoms with Crippen molar-refractivity contribution in [1.82, 2.24) is 0 Å². The van der Waals surface area contributed by atoms with Crippen LogP contribution in [-0.4, -0.2) is 0 Å². The molecule has 4 rings (SSSR count). The summed E-state index contributed by atoms with van der Waals surface area (Å²) in [5.74, 6) is 0. The van der Waals surface area contributed by atoms with Gasteiger partial charge in [0.05, 0.1) is 0 Å². The van der Waals surface area contributed by atoms with E-state index in [1.807, 2.05) is 0 Å². The normalized spacial score (nSPS) is 11.4. The molecule has 3 aromatic carbocycles. The van der Waals surface area contributed by atoms with Crippen molar-refractivity contribution < 1.29 is 4.57 Å². The van der Waals surface area contributed by atoms with Crippen LogP contribution in [0.5, 0.6) is 0 Å². The number of aromatic nitrogens is 1. The zero-order valence-electron chi connectivity index (χ0n) is 16.8. The van der Waals surface area contributed by atoms with Crippen molar-refractivity contribution in [3.8, 4) is 0 Å². The summed E-state index contributed by atoms with van der Waals surface area (Å²) in [6, 6.07) is 37.1. The third-order valence-electron chi connectivity index (χ3n) is 5.49. The maximum Gasteiger partial charge on any atom is 0.244 e. The fraction of sp³-hybridized carbons (Fsp3) is 0.148. The fourth-order valence-electron chi connectivity index (χ4n) is 4.56. The molecular weight excluding hydrogens is 338 g/mol. The molecule has 0 aliphatic carbocycles. The predicted octanol–water partition coefficient (Wildman–Crippen LogP) is 5.74. The van der Waals surface area contributed by atoms with E-state index in [2.05, 4.69) is 128 Å². The highest BCUT2D eigenvalue weighted by Gasteiger charge is 2.47.